The Hall–Kier alpha value is -4.80. The summed E-state index contributed by atoms with van der Waals surface area (Å²) in [5.74, 6) is -5.74. The number of alkyl halides is 6. The molecule has 47 heavy (non-hydrogen) atoms. The smallest absolute Gasteiger partial charge is 0.475 e. The Morgan fingerprint density at radius 2 is 1.49 bits per heavy atom. The minimum absolute atomic E-state index is 0.0628. The van der Waals surface area contributed by atoms with E-state index < -0.39 is 29.7 Å². The number of benzene rings is 2. The van der Waals surface area contributed by atoms with Crippen LogP contribution in [0.25, 0.3) is 10.9 Å². The van der Waals surface area contributed by atoms with Crippen LogP contribution in [0, 0.1) is 11.2 Å². The van der Waals surface area contributed by atoms with Crippen LogP contribution in [0.1, 0.15) is 34.7 Å². The fourth-order valence-electron chi connectivity index (χ4n) is 5.23. The first-order valence-corrected chi connectivity index (χ1v) is 13.9. The zero-order valence-electron chi connectivity index (χ0n) is 24.4. The Morgan fingerprint density at radius 3 is 2.04 bits per heavy atom. The Morgan fingerprint density at radius 1 is 0.936 bits per heavy atom. The van der Waals surface area contributed by atoms with E-state index in [4.69, 9.17) is 19.8 Å². The third kappa shape index (κ3) is 9.84. The first-order chi connectivity index (χ1) is 21.9. The lowest BCUT2D eigenvalue weighted by Crippen LogP contribution is -2.47. The summed E-state index contributed by atoms with van der Waals surface area (Å²) in [4.78, 5) is 49.8. The molecule has 5 rings (SSSR count). The standard InChI is InChI=1S/C26H27FN4O2.2C2HF3O2/c27-21-7-5-18(6-8-21)22-17-30-25(33)26(22)9-12-31(13-10-26)14-11-28-24(32)20-15-19-3-1-2-4-23(19)29-16-20;2*3-2(4,5)1(6)7/h1-8,15-16,22H,9-14,17H2,(H,28,32)(H,30,33);2*(H,6,7)/t22-;;/m0../s1. The molecule has 254 valence electrons. The van der Waals surface area contributed by atoms with Crippen LogP contribution < -0.4 is 10.6 Å². The molecular weight excluding hydrogens is 645 g/mol. The highest BCUT2D eigenvalue weighted by Gasteiger charge is 2.51. The number of carbonyl (C=O) groups is 4. The Bertz CT molecular complexity index is 1550. The number of halogens is 7. The zero-order chi connectivity index (χ0) is 35.0. The van der Waals surface area contributed by atoms with E-state index in [1.807, 2.05) is 30.3 Å². The maximum Gasteiger partial charge on any atom is 0.490 e. The molecule has 0 radical (unpaired) electrons. The third-order valence-electron chi connectivity index (χ3n) is 7.66. The number of nitrogens with one attached hydrogen (secondary N) is 2. The zero-order valence-corrected chi connectivity index (χ0v) is 24.4. The topological polar surface area (TPSA) is 149 Å². The molecule has 1 spiro atoms. The summed E-state index contributed by atoms with van der Waals surface area (Å²) in [7, 11) is 0. The Kier molecular flexibility index (Phi) is 11.9. The van der Waals surface area contributed by atoms with Gasteiger partial charge in [0.2, 0.25) is 5.91 Å². The van der Waals surface area contributed by atoms with Crippen molar-refractivity contribution in [2.45, 2.75) is 31.1 Å². The van der Waals surface area contributed by atoms with Crippen molar-refractivity contribution >= 4 is 34.7 Å². The molecule has 2 saturated heterocycles. The molecule has 0 bridgehead atoms. The number of hydrogen-bond acceptors (Lipinski definition) is 6. The lowest BCUT2D eigenvalue weighted by atomic mass is 9.68. The predicted molar refractivity (Wildman–Crippen MR) is 152 cm³/mol. The summed E-state index contributed by atoms with van der Waals surface area (Å²) in [6.45, 7) is 3.44. The van der Waals surface area contributed by atoms with Gasteiger partial charge in [0.1, 0.15) is 5.82 Å². The molecular formula is C30H29F7N4O6. The van der Waals surface area contributed by atoms with Crippen molar-refractivity contribution in [3.63, 3.8) is 0 Å². The van der Waals surface area contributed by atoms with E-state index >= 15 is 0 Å². The molecule has 17 heteroatoms. The van der Waals surface area contributed by atoms with Gasteiger partial charge in [-0.05, 0) is 55.8 Å². The van der Waals surface area contributed by atoms with Crippen molar-refractivity contribution in [2.75, 3.05) is 32.7 Å². The lowest BCUT2D eigenvalue weighted by molar-refractivity contribution is -0.193. The lowest BCUT2D eigenvalue weighted by Gasteiger charge is -2.41. The van der Waals surface area contributed by atoms with Crippen molar-refractivity contribution < 1.29 is 60.1 Å². The summed E-state index contributed by atoms with van der Waals surface area (Å²) in [5, 5.41) is 21.2. The summed E-state index contributed by atoms with van der Waals surface area (Å²) >= 11 is 0. The van der Waals surface area contributed by atoms with Crippen LogP contribution in [0.5, 0.6) is 0 Å². The molecule has 4 N–H and O–H groups in total. The van der Waals surface area contributed by atoms with E-state index in [9.17, 15) is 40.3 Å². The van der Waals surface area contributed by atoms with Crippen molar-refractivity contribution in [3.8, 4) is 0 Å². The Labute approximate surface area is 262 Å². The fourth-order valence-corrected chi connectivity index (χ4v) is 5.23. The van der Waals surface area contributed by atoms with Gasteiger partial charge in [-0.15, -0.1) is 0 Å². The molecule has 2 fully saturated rings. The number of fused-ring (bicyclic) bond motifs is 1. The van der Waals surface area contributed by atoms with Crippen LogP contribution in [0.4, 0.5) is 30.7 Å². The maximum absolute atomic E-state index is 13.4. The third-order valence-corrected chi connectivity index (χ3v) is 7.66. The number of aromatic nitrogens is 1. The molecule has 2 aliphatic rings. The van der Waals surface area contributed by atoms with E-state index in [2.05, 4.69) is 20.5 Å². The summed E-state index contributed by atoms with van der Waals surface area (Å²) in [5.41, 5.74) is 2.00. The normalized spacial score (nSPS) is 17.5. The second-order valence-corrected chi connectivity index (χ2v) is 10.6. The van der Waals surface area contributed by atoms with E-state index in [1.54, 1.807) is 18.3 Å². The molecule has 2 aliphatic heterocycles. The van der Waals surface area contributed by atoms with Crippen molar-refractivity contribution in [1.29, 1.82) is 0 Å². The van der Waals surface area contributed by atoms with E-state index in [1.165, 1.54) is 12.1 Å². The van der Waals surface area contributed by atoms with Crippen LogP contribution >= 0.6 is 0 Å². The fraction of sp³-hybridized carbons (Fsp3) is 0.367. The average molecular weight is 675 g/mol. The van der Waals surface area contributed by atoms with Crippen molar-refractivity contribution in [2.24, 2.45) is 5.41 Å². The van der Waals surface area contributed by atoms with Gasteiger partial charge >= 0.3 is 24.3 Å². The molecule has 1 atom stereocenters. The molecule has 2 amide bonds. The first kappa shape index (κ1) is 36.7. The van der Waals surface area contributed by atoms with Crippen LogP contribution in [-0.2, 0) is 14.4 Å². The summed E-state index contributed by atoms with van der Waals surface area (Å²) in [6.07, 6.45) is -7.05. The van der Waals surface area contributed by atoms with Gasteiger partial charge < -0.3 is 25.7 Å². The van der Waals surface area contributed by atoms with Crippen LogP contribution in [0.3, 0.4) is 0 Å². The number of carboxylic acids is 2. The quantitative estimate of drug-likeness (QED) is 0.292. The van der Waals surface area contributed by atoms with Crippen molar-refractivity contribution in [1.82, 2.24) is 20.5 Å². The second-order valence-electron chi connectivity index (χ2n) is 10.6. The minimum atomic E-state index is -5.08. The number of amides is 2. The highest BCUT2D eigenvalue weighted by atomic mass is 19.4. The number of aliphatic carboxylic acids is 2. The molecule has 0 aliphatic carbocycles. The van der Waals surface area contributed by atoms with Gasteiger partial charge in [0.15, 0.2) is 0 Å². The highest BCUT2D eigenvalue weighted by molar-refractivity contribution is 5.97. The largest absolute Gasteiger partial charge is 0.490 e. The average Bonchev–Trinajstić information content (AvgIpc) is 3.32. The number of hydrogen-bond donors (Lipinski definition) is 4. The van der Waals surface area contributed by atoms with Gasteiger partial charge in [0.05, 0.1) is 16.5 Å². The first-order valence-electron chi connectivity index (χ1n) is 13.9. The van der Waals surface area contributed by atoms with Gasteiger partial charge in [0, 0.05) is 37.1 Å². The van der Waals surface area contributed by atoms with Crippen LogP contribution in [0.2, 0.25) is 0 Å². The van der Waals surface area contributed by atoms with Crippen LogP contribution in [0.15, 0.2) is 60.8 Å². The highest BCUT2D eigenvalue weighted by Crippen LogP contribution is 2.47. The monoisotopic (exact) mass is 674 g/mol. The number of para-hydroxylation sites is 1. The molecule has 0 unspecified atom stereocenters. The SMILES string of the molecule is O=C(NCCN1CCC2(CC1)C(=O)NC[C@H]2c1ccc(F)cc1)c1cnc2ccccc2c1.O=C(O)C(F)(F)F.O=C(O)C(F)(F)F. The number of rotatable bonds is 5. The van der Waals surface area contributed by atoms with Gasteiger partial charge in [-0.1, -0.05) is 30.3 Å². The van der Waals surface area contributed by atoms with Gasteiger partial charge in [-0.3, -0.25) is 14.6 Å². The molecule has 10 nitrogen and oxygen atoms in total. The summed E-state index contributed by atoms with van der Waals surface area (Å²) in [6, 6.07) is 16.1. The van der Waals surface area contributed by atoms with Gasteiger partial charge in [-0.2, -0.15) is 26.3 Å². The predicted octanol–water partition coefficient (Wildman–Crippen LogP) is 4.37. The molecule has 3 heterocycles. The maximum atomic E-state index is 13.4. The number of likely N-dealkylation sites (tertiary alicyclic amines) is 1. The second kappa shape index (κ2) is 15.2. The molecule has 1 aromatic heterocycles. The Balaban J connectivity index is 0.000000360. The molecule has 2 aromatic carbocycles. The number of piperidine rings is 1. The number of carbonyl (C=O) groups excluding carboxylic acids is 2. The number of carboxylic acid groups (broad SMARTS) is 2. The van der Waals surface area contributed by atoms with E-state index in [-0.39, 0.29) is 23.5 Å². The minimum Gasteiger partial charge on any atom is -0.475 e. The van der Waals surface area contributed by atoms with E-state index in [0.717, 1.165) is 48.9 Å². The van der Waals surface area contributed by atoms with Crippen LogP contribution in [-0.4, -0.2) is 88.9 Å². The van der Waals surface area contributed by atoms with Gasteiger partial charge in [0.25, 0.3) is 5.91 Å². The molecule has 0 saturated carbocycles. The number of nitrogens with zero attached hydrogens (tertiary/aromatic N) is 2. The van der Waals surface area contributed by atoms with Crippen molar-refractivity contribution in [3.05, 3.63) is 77.7 Å². The van der Waals surface area contributed by atoms with E-state index in [0.29, 0.717) is 18.7 Å². The summed E-state index contributed by atoms with van der Waals surface area (Å²) < 4.78 is 76.8. The van der Waals surface area contributed by atoms with Gasteiger partial charge in [-0.25, -0.2) is 14.0 Å². The number of pyridine rings is 1. The molecule has 3 aromatic rings.